The van der Waals surface area contributed by atoms with Crippen molar-refractivity contribution in [1.82, 2.24) is 5.32 Å². The Hall–Kier alpha value is -1.40. The lowest BCUT2D eigenvalue weighted by Gasteiger charge is -2.24. The quantitative estimate of drug-likeness (QED) is 0.0321. The van der Waals surface area contributed by atoms with Gasteiger partial charge in [0, 0.05) is 6.42 Å². The zero-order valence-corrected chi connectivity index (χ0v) is 42.7. The van der Waals surface area contributed by atoms with Crippen LogP contribution in [0.25, 0.3) is 0 Å². The lowest BCUT2D eigenvalue weighted by Crippen LogP contribution is -2.46. The number of aliphatic hydroxyl groups is 2. The fourth-order valence-electron chi connectivity index (χ4n) is 9.02. The maximum absolute atomic E-state index is 13.2. The van der Waals surface area contributed by atoms with E-state index in [2.05, 4.69) is 38.2 Å². The molecule has 0 bridgehead atoms. The number of hydrogen-bond donors (Lipinski definition) is 3. The van der Waals surface area contributed by atoms with Crippen molar-refractivity contribution in [2.45, 2.75) is 334 Å². The van der Waals surface area contributed by atoms with Crippen LogP contribution in [0.2, 0.25) is 0 Å². The molecule has 3 atom stereocenters. The summed E-state index contributed by atoms with van der Waals surface area (Å²) in [5.41, 5.74) is 0. The van der Waals surface area contributed by atoms with Crippen molar-refractivity contribution >= 4 is 11.9 Å². The summed E-state index contributed by atoms with van der Waals surface area (Å²) in [5.74, 6) is -0.462. The van der Waals surface area contributed by atoms with E-state index in [1.807, 2.05) is 0 Å². The van der Waals surface area contributed by atoms with E-state index in [1.165, 1.54) is 218 Å². The second-order valence-corrected chi connectivity index (χ2v) is 19.7. The maximum atomic E-state index is 13.2. The van der Waals surface area contributed by atoms with Crippen LogP contribution in [0.4, 0.5) is 0 Å². The third-order valence-corrected chi connectivity index (χ3v) is 13.3. The van der Waals surface area contributed by atoms with E-state index in [1.54, 1.807) is 0 Å². The molecule has 0 heterocycles. The Morgan fingerprint density at radius 2 is 0.762 bits per heavy atom. The van der Waals surface area contributed by atoms with Gasteiger partial charge in [0.25, 0.3) is 0 Å². The first kappa shape index (κ1) is 61.6. The molecule has 1 amide bonds. The normalized spacial score (nSPS) is 13.2. The summed E-state index contributed by atoms with van der Waals surface area (Å²) in [4.78, 5) is 26.2. The largest absolute Gasteiger partial charge is 0.462 e. The van der Waals surface area contributed by atoms with E-state index in [9.17, 15) is 19.8 Å². The molecule has 3 N–H and O–H groups in total. The number of unbranched alkanes of at least 4 members (excludes halogenated alkanes) is 38. The first-order valence-corrected chi connectivity index (χ1v) is 28.4. The van der Waals surface area contributed by atoms with Crippen LogP contribution in [0.1, 0.15) is 316 Å². The van der Waals surface area contributed by atoms with Gasteiger partial charge in [0.1, 0.15) is 6.10 Å². The summed E-state index contributed by atoms with van der Waals surface area (Å²) >= 11 is 0. The van der Waals surface area contributed by atoms with E-state index in [0.29, 0.717) is 19.3 Å². The molecule has 6 heteroatoms. The minimum atomic E-state index is -0.783. The first-order chi connectivity index (χ1) is 31.0. The molecule has 0 aromatic carbocycles. The smallest absolute Gasteiger partial charge is 0.306 e. The SMILES string of the molecule is CCCCCCCCCCC/C=C/CCCCCCCC(=O)OC(CCCCCCCCCCCCCCCC)CC(=O)NC(CO)C(O)CCCCCCCCCCCCCC. The number of carbonyl (C=O) groups excluding carboxylic acids is 2. The predicted octanol–water partition coefficient (Wildman–Crippen LogP) is 17.3. The fourth-order valence-corrected chi connectivity index (χ4v) is 9.02. The number of rotatable bonds is 52. The molecule has 63 heavy (non-hydrogen) atoms. The second kappa shape index (κ2) is 51.6. The van der Waals surface area contributed by atoms with Crippen molar-refractivity contribution in [1.29, 1.82) is 0 Å². The molecular formula is C57H111NO5. The zero-order chi connectivity index (χ0) is 45.9. The average molecular weight is 891 g/mol. The van der Waals surface area contributed by atoms with Crippen LogP contribution in [0.5, 0.6) is 0 Å². The van der Waals surface area contributed by atoms with Gasteiger partial charge in [-0.25, -0.2) is 0 Å². The number of nitrogens with one attached hydrogen (secondary N) is 1. The molecule has 0 aromatic rings. The van der Waals surface area contributed by atoms with Gasteiger partial charge in [-0.2, -0.15) is 0 Å². The van der Waals surface area contributed by atoms with Gasteiger partial charge in [-0.15, -0.1) is 0 Å². The molecule has 0 aliphatic heterocycles. The molecule has 0 rings (SSSR count). The van der Waals surface area contributed by atoms with Crippen molar-refractivity contribution in [3.63, 3.8) is 0 Å². The number of amides is 1. The molecule has 0 fully saturated rings. The summed E-state index contributed by atoms with van der Waals surface area (Å²) < 4.78 is 5.96. The van der Waals surface area contributed by atoms with Crippen LogP contribution in [-0.4, -0.2) is 46.9 Å². The minimum absolute atomic E-state index is 0.0820. The topological polar surface area (TPSA) is 95.9 Å². The second-order valence-electron chi connectivity index (χ2n) is 19.7. The molecule has 0 saturated heterocycles. The summed E-state index contributed by atoms with van der Waals surface area (Å²) in [6, 6.07) is -0.696. The van der Waals surface area contributed by atoms with Gasteiger partial charge >= 0.3 is 5.97 Å². The lowest BCUT2D eigenvalue weighted by atomic mass is 10.0. The number of allylic oxidation sites excluding steroid dienone is 2. The Morgan fingerprint density at radius 3 is 1.13 bits per heavy atom. The first-order valence-electron chi connectivity index (χ1n) is 28.4. The van der Waals surface area contributed by atoms with Crippen LogP contribution < -0.4 is 5.32 Å². The van der Waals surface area contributed by atoms with Crippen molar-refractivity contribution < 1.29 is 24.5 Å². The summed E-state index contributed by atoms with van der Waals surface area (Å²) in [5, 5.41) is 23.8. The highest BCUT2D eigenvalue weighted by Crippen LogP contribution is 2.19. The Kier molecular flexibility index (Phi) is 50.4. The molecule has 0 saturated carbocycles. The van der Waals surface area contributed by atoms with E-state index >= 15 is 0 Å². The van der Waals surface area contributed by atoms with Gasteiger partial charge in [0.15, 0.2) is 0 Å². The van der Waals surface area contributed by atoms with E-state index in [4.69, 9.17) is 4.74 Å². The summed E-state index contributed by atoms with van der Waals surface area (Å²) in [6.45, 7) is 6.52. The average Bonchev–Trinajstić information content (AvgIpc) is 3.28. The van der Waals surface area contributed by atoms with E-state index in [-0.39, 0.29) is 24.9 Å². The zero-order valence-electron chi connectivity index (χ0n) is 42.7. The molecule has 0 aliphatic carbocycles. The molecule has 0 aliphatic rings. The Morgan fingerprint density at radius 1 is 0.444 bits per heavy atom. The molecule has 3 unspecified atom stereocenters. The highest BCUT2D eigenvalue weighted by atomic mass is 16.5. The van der Waals surface area contributed by atoms with Crippen LogP contribution in [0.3, 0.4) is 0 Å². The van der Waals surface area contributed by atoms with Gasteiger partial charge in [0.05, 0.1) is 25.2 Å². The van der Waals surface area contributed by atoms with E-state index < -0.39 is 18.2 Å². The molecule has 0 aromatic heterocycles. The highest BCUT2D eigenvalue weighted by Gasteiger charge is 2.24. The molecular weight excluding hydrogens is 779 g/mol. The van der Waals surface area contributed by atoms with Gasteiger partial charge in [-0.1, -0.05) is 264 Å². The number of esters is 1. The number of ether oxygens (including phenoxy) is 1. The Bertz CT molecular complexity index is 955. The third kappa shape index (κ3) is 46.9. The van der Waals surface area contributed by atoms with Crippen molar-refractivity contribution in [2.24, 2.45) is 0 Å². The number of carbonyl (C=O) groups is 2. The number of aliphatic hydroxyl groups excluding tert-OH is 2. The van der Waals surface area contributed by atoms with E-state index in [0.717, 1.165) is 51.4 Å². The monoisotopic (exact) mass is 890 g/mol. The van der Waals surface area contributed by atoms with Gasteiger partial charge in [-0.3, -0.25) is 9.59 Å². The predicted molar refractivity (Wildman–Crippen MR) is 273 cm³/mol. The maximum Gasteiger partial charge on any atom is 0.306 e. The molecule has 0 radical (unpaired) electrons. The molecule has 0 spiro atoms. The van der Waals surface area contributed by atoms with Crippen LogP contribution in [-0.2, 0) is 14.3 Å². The van der Waals surface area contributed by atoms with Crippen LogP contribution >= 0.6 is 0 Å². The highest BCUT2D eigenvalue weighted by molar-refractivity contribution is 5.77. The Labute approximate surface area is 393 Å². The standard InChI is InChI=1S/C57H111NO5/c1-4-7-10-13-16-19-22-25-27-28-29-30-32-35-38-41-44-47-50-57(62)63-53(48-45-42-39-36-33-31-26-23-20-17-14-11-8-5-2)51-56(61)58-54(52-59)55(60)49-46-43-40-37-34-24-21-18-15-12-9-6-3/h29-30,53-55,59-60H,4-28,31-52H2,1-3H3,(H,58,61)/b30-29+. The van der Waals surface area contributed by atoms with Gasteiger partial charge < -0.3 is 20.3 Å². The van der Waals surface area contributed by atoms with Crippen molar-refractivity contribution in [3.05, 3.63) is 12.2 Å². The van der Waals surface area contributed by atoms with Crippen LogP contribution in [0.15, 0.2) is 12.2 Å². The fraction of sp³-hybridized carbons (Fsp3) is 0.930. The summed E-state index contributed by atoms with van der Waals surface area (Å²) in [6.07, 6.45) is 58.5. The Balaban J connectivity index is 4.51. The van der Waals surface area contributed by atoms with Gasteiger partial charge in [-0.05, 0) is 51.4 Å². The number of hydrogen-bond acceptors (Lipinski definition) is 5. The molecule has 6 nitrogen and oxygen atoms in total. The molecule has 374 valence electrons. The lowest BCUT2D eigenvalue weighted by molar-refractivity contribution is -0.151. The van der Waals surface area contributed by atoms with Crippen molar-refractivity contribution in [2.75, 3.05) is 6.61 Å². The van der Waals surface area contributed by atoms with Crippen molar-refractivity contribution in [3.8, 4) is 0 Å². The third-order valence-electron chi connectivity index (χ3n) is 13.3. The minimum Gasteiger partial charge on any atom is -0.462 e. The summed E-state index contributed by atoms with van der Waals surface area (Å²) in [7, 11) is 0. The van der Waals surface area contributed by atoms with Crippen LogP contribution in [0, 0.1) is 0 Å². The van der Waals surface area contributed by atoms with Gasteiger partial charge in [0.2, 0.25) is 5.91 Å².